The van der Waals surface area contributed by atoms with Gasteiger partial charge in [-0.2, -0.15) is 0 Å². The van der Waals surface area contributed by atoms with Crippen LogP contribution in [-0.2, 0) is 0 Å². The van der Waals surface area contributed by atoms with Gasteiger partial charge in [0, 0.05) is 16.0 Å². The van der Waals surface area contributed by atoms with Gasteiger partial charge in [-0.05, 0) is 23.6 Å². The number of halogens is 3. The molecule has 0 fully saturated rings. The van der Waals surface area contributed by atoms with Gasteiger partial charge in [0.05, 0.1) is 0 Å². The van der Waals surface area contributed by atoms with Crippen molar-refractivity contribution in [2.75, 3.05) is 0 Å². The number of carbonyl (C=O) groups is 1. The van der Waals surface area contributed by atoms with Crippen LogP contribution in [0, 0.1) is 0 Å². The molecule has 2 aromatic rings. The molecule has 2 rings (SSSR count). The van der Waals surface area contributed by atoms with Crippen molar-refractivity contribution in [3.63, 3.8) is 0 Å². The third-order valence-corrected chi connectivity index (χ3v) is 3.14. The van der Waals surface area contributed by atoms with Gasteiger partial charge in [-0.1, -0.05) is 12.1 Å². The summed E-state index contributed by atoms with van der Waals surface area (Å²) in [5.41, 5.74) is 0.602. The fourth-order valence-electron chi connectivity index (χ4n) is 1.50. The summed E-state index contributed by atoms with van der Waals surface area (Å²) in [4.78, 5) is 11.3. The standard InChI is InChI=1S/C12H7F3O2S/c13-12(14,15)17-10-4-2-1-3-9(10)11-8(7-16)5-6-18-11/h1-7H. The van der Waals surface area contributed by atoms with Crippen LogP contribution in [0.4, 0.5) is 13.2 Å². The molecule has 1 aromatic carbocycles. The average molecular weight is 272 g/mol. The number of hydrogen-bond donors (Lipinski definition) is 0. The summed E-state index contributed by atoms with van der Waals surface area (Å²) in [6.07, 6.45) is -4.15. The van der Waals surface area contributed by atoms with Gasteiger partial charge in [0.15, 0.2) is 6.29 Å². The molecule has 6 heteroatoms. The van der Waals surface area contributed by atoms with Gasteiger partial charge in [0.25, 0.3) is 0 Å². The molecule has 0 spiro atoms. The van der Waals surface area contributed by atoms with E-state index in [1.807, 2.05) is 0 Å². The molecule has 0 aliphatic carbocycles. The predicted molar refractivity (Wildman–Crippen MR) is 61.8 cm³/mol. The van der Waals surface area contributed by atoms with Gasteiger partial charge in [0.2, 0.25) is 0 Å². The first-order valence-electron chi connectivity index (χ1n) is 4.89. The van der Waals surface area contributed by atoms with E-state index in [0.29, 0.717) is 16.7 Å². The van der Waals surface area contributed by atoms with Crippen molar-refractivity contribution in [2.24, 2.45) is 0 Å². The molecule has 0 saturated heterocycles. The number of rotatable bonds is 3. The third-order valence-electron chi connectivity index (χ3n) is 2.18. The van der Waals surface area contributed by atoms with E-state index in [-0.39, 0.29) is 11.3 Å². The Balaban J connectivity index is 2.48. The zero-order chi connectivity index (χ0) is 13.2. The van der Waals surface area contributed by atoms with E-state index in [0.717, 1.165) is 0 Å². The maximum absolute atomic E-state index is 12.3. The average Bonchev–Trinajstić information content (AvgIpc) is 2.75. The monoisotopic (exact) mass is 272 g/mol. The summed E-state index contributed by atoms with van der Waals surface area (Å²) < 4.78 is 40.7. The summed E-state index contributed by atoms with van der Waals surface area (Å²) in [5.74, 6) is -0.310. The normalized spacial score (nSPS) is 11.3. The molecule has 0 radical (unpaired) electrons. The van der Waals surface area contributed by atoms with Gasteiger partial charge in [-0.3, -0.25) is 4.79 Å². The molecule has 1 aromatic heterocycles. The van der Waals surface area contributed by atoms with E-state index >= 15 is 0 Å². The number of ether oxygens (including phenoxy) is 1. The summed E-state index contributed by atoms with van der Waals surface area (Å²) in [7, 11) is 0. The number of carbonyl (C=O) groups excluding carboxylic acids is 1. The minimum atomic E-state index is -4.76. The first-order chi connectivity index (χ1) is 8.51. The Hall–Kier alpha value is -1.82. The number of hydrogen-bond acceptors (Lipinski definition) is 3. The van der Waals surface area contributed by atoms with Crippen molar-refractivity contribution in [3.05, 3.63) is 41.3 Å². The molecule has 1 heterocycles. The first kappa shape index (κ1) is 12.6. The second kappa shape index (κ2) is 4.81. The van der Waals surface area contributed by atoms with Crippen LogP contribution < -0.4 is 4.74 Å². The van der Waals surface area contributed by atoms with Crippen LogP contribution in [0.3, 0.4) is 0 Å². The zero-order valence-corrected chi connectivity index (χ0v) is 9.72. The maximum Gasteiger partial charge on any atom is 0.573 e. The highest BCUT2D eigenvalue weighted by atomic mass is 32.1. The Morgan fingerprint density at radius 3 is 2.56 bits per heavy atom. The van der Waals surface area contributed by atoms with Crippen molar-refractivity contribution >= 4 is 17.6 Å². The summed E-state index contributed by atoms with van der Waals surface area (Å²) >= 11 is 1.19. The molecule has 0 amide bonds. The molecular formula is C12H7F3O2S. The van der Waals surface area contributed by atoms with Crippen molar-refractivity contribution in [1.29, 1.82) is 0 Å². The number of para-hydroxylation sites is 1. The highest BCUT2D eigenvalue weighted by Crippen LogP contribution is 2.37. The lowest BCUT2D eigenvalue weighted by Crippen LogP contribution is -2.17. The van der Waals surface area contributed by atoms with Crippen molar-refractivity contribution in [3.8, 4) is 16.2 Å². The summed E-state index contributed by atoms with van der Waals surface area (Å²) in [6, 6.07) is 7.29. The highest BCUT2D eigenvalue weighted by molar-refractivity contribution is 7.14. The van der Waals surface area contributed by atoms with Crippen molar-refractivity contribution < 1.29 is 22.7 Å². The lowest BCUT2D eigenvalue weighted by molar-refractivity contribution is -0.274. The van der Waals surface area contributed by atoms with Crippen LogP contribution in [0.15, 0.2) is 35.7 Å². The molecule has 0 N–H and O–H groups in total. The third kappa shape index (κ3) is 2.70. The minimum Gasteiger partial charge on any atom is -0.405 e. The second-order valence-corrected chi connectivity index (χ2v) is 4.28. The van der Waals surface area contributed by atoms with Crippen LogP contribution in [-0.4, -0.2) is 12.6 Å². The Morgan fingerprint density at radius 1 is 1.17 bits per heavy atom. The minimum absolute atomic E-state index is 0.256. The number of benzene rings is 1. The van der Waals surface area contributed by atoms with Gasteiger partial charge in [-0.25, -0.2) is 0 Å². The molecule has 0 aliphatic rings. The molecule has 2 nitrogen and oxygen atoms in total. The maximum atomic E-state index is 12.3. The second-order valence-electron chi connectivity index (χ2n) is 3.37. The first-order valence-corrected chi connectivity index (χ1v) is 5.77. The predicted octanol–water partition coefficient (Wildman–Crippen LogP) is 4.13. The Morgan fingerprint density at radius 2 is 1.89 bits per heavy atom. The van der Waals surface area contributed by atoms with Crippen LogP contribution in [0.2, 0.25) is 0 Å². The molecule has 0 aliphatic heterocycles. The smallest absolute Gasteiger partial charge is 0.405 e. The number of thiophene rings is 1. The summed E-state index contributed by atoms with van der Waals surface area (Å²) in [6.45, 7) is 0. The van der Waals surface area contributed by atoms with Gasteiger partial charge in [-0.15, -0.1) is 24.5 Å². The molecule has 18 heavy (non-hydrogen) atoms. The Kier molecular flexibility index (Phi) is 3.38. The molecule has 94 valence electrons. The fraction of sp³-hybridized carbons (Fsp3) is 0.0833. The van der Waals surface area contributed by atoms with E-state index in [2.05, 4.69) is 4.74 Å². The van der Waals surface area contributed by atoms with Gasteiger partial charge >= 0.3 is 6.36 Å². The molecule has 0 saturated carbocycles. The quantitative estimate of drug-likeness (QED) is 0.785. The van der Waals surface area contributed by atoms with E-state index in [4.69, 9.17) is 0 Å². The van der Waals surface area contributed by atoms with Crippen LogP contribution in [0.1, 0.15) is 10.4 Å². The van der Waals surface area contributed by atoms with Crippen LogP contribution in [0.5, 0.6) is 5.75 Å². The lowest BCUT2D eigenvalue weighted by atomic mass is 10.1. The van der Waals surface area contributed by atoms with Crippen molar-refractivity contribution in [1.82, 2.24) is 0 Å². The molecule has 0 unspecified atom stereocenters. The van der Waals surface area contributed by atoms with E-state index in [1.54, 1.807) is 17.5 Å². The molecular weight excluding hydrogens is 265 g/mol. The summed E-state index contributed by atoms with van der Waals surface area (Å²) in [5, 5.41) is 1.64. The molecule has 0 atom stereocenters. The molecule has 0 bridgehead atoms. The van der Waals surface area contributed by atoms with Crippen molar-refractivity contribution in [2.45, 2.75) is 6.36 Å². The number of aldehydes is 1. The van der Waals surface area contributed by atoms with E-state index < -0.39 is 6.36 Å². The number of alkyl halides is 3. The topological polar surface area (TPSA) is 26.3 Å². The van der Waals surface area contributed by atoms with Gasteiger partial charge < -0.3 is 4.74 Å². The van der Waals surface area contributed by atoms with E-state index in [1.165, 1.54) is 29.5 Å². The highest BCUT2D eigenvalue weighted by Gasteiger charge is 2.32. The van der Waals surface area contributed by atoms with Gasteiger partial charge in [0.1, 0.15) is 5.75 Å². The fourth-order valence-corrected chi connectivity index (χ4v) is 2.40. The van der Waals surface area contributed by atoms with Crippen LogP contribution >= 0.6 is 11.3 Å². The SMILES string of the molecule is O=Cc1ccsc1-c1ccccc1OC(F)(F)F. The Labute approximate surface area is 105 Å². The van der Waals surface area contributed by atoms with Crippen LogP contribution in [0.25, 0.3) is 10.4 Å². The lowest BCUT2D eigenvalue weighted by Gasteiger charge is -2.12. The largest absolute Gasteiger partial charge is 0.573 e. The Bertz CT molecular complexity index is 560. The van der Waals surface area contributed by atoms with E-state index in [9.17, 15) is 18.0 Å². The zero-order valence-electron chi connectivity index (χ0n) is 8.90.